The summed E-state index contributed by atoms with van der Waals surface area (Å²) in [6.45, 7) is 1.12. The van der Waals surface area contributed by atoms with E-state index in [-0.39, 0.29) is 6.61 Å². The van der Waals surface area contributed by atoms with Crippen LogP contribution in [0.25, 0.3) is 0 Å². The number of aliphatic hydroxyl groups excluding tert-OH is 1. The van der Waals surface area contributed by atoms with E-state index in [4.69, 9.17) is 0 Å². The maximum absolute atomic E-state index is 9.18. The first-order chi connectivity index (χ1) is 8.38. The van der Waals surface area contributed by atoms with Crippen LogP contribution in [0.2, 0.25) is 0 Å². The monoisotopic (exact) mass is 225 g/mol. The molecule has 2 aromatic carbocycles. The standard InChI is InChI=1S/C15H15NO/c17-11-12-4-3-6-14(10-12)16-9-8-13-5-1-2-7-15(13)16/h1-7,10,17H,8-9,11H2. The summed E-state index contributed by atoms with van der Waals surface area (Å²) in [5.41, 5.74) is 4.83. The van der Waals surface area contributed by atoms with E-state index in [1.54, 1.807) is 0 Å². The molecule has 0 aromatic heterocycles. The van der Waals surface area contributed by atoms with E-state index in [9.17, 15) is 5.11 Å². The van der Waals surface area contributed by atoms with Crippen LogP contribution in [0.3, 0.4) is 0 Å². The average Bonchev–Trinajstić information content (AvgIpc) is 2.82. The SMILES string of the molecule is OCc1cccc(N2CCc3ccccc32)c1. The number of anilines is 2. The lowest BCUT2D eigenvalue weighted by molar-refractivity contribution is 0.282. The highest BCUT2D eigenvalue weighted by Crippen LogP contribution is 2.34. The minimum atomic E-state index is 0.101. The van der Waals surface area contributed by atoms with E-state index < -0.39 is 0 Å². The zero-order chi connectivity index (χ0) is 11.7. The molecular formula is C15H15NO. The van der Waals surface area contributed by atoms with E-state index >= 15 is 0 Å². The molecule has 2 aromatic rings. The molecule has 0 aliphatic carbocycles. The van der Waals surface area contributed by atoms with Crippen molar-refractivity contribution in [1.29, 1.82) is 0 Å². The molecular weight excluding hydrogens is 210 g/mol. The third-order valence-electron chi connectivity index (χ3n) is 3.29. The number of benzene rings is 2. The summed E-state index contributed by atoms with van der Waals surface area (Å²) in [5, 5.41) is 9.18. The van der Waals surface area contributed by atoms with Crippen LogP contribution in [0.4, 0.5) is 11.4 Å². The fourth-order valence-corrected chi connectivity index (χ4v) is 2.43. The Morgan fingerprint density at radius 2 is 1.94 bits per heavy atom. The number of para-hydroxylation sites is 1. The first-order valence-electron chi connectivity index (χ1n) is 5.94. The topological polar surface area (TPSA) is 23.5 Å². The fourth-order valence-electron chi connectivity index (χ4n) is 2.43. The number of nitrogens with zero attached hydrogens (tertiary/aromatic N) is 1. The maximum Gasteiger partial charge on any atom is 0.0682 e. The zero-order valence-electron chi connectivity index (χ0n) is 9.63. The molecule has 0 bridgehead atoms. The molecule has 86 valence electrons. The second-order valence-corrected chi connectivity index (χ2v) is 4.36. The quantitative estimate of drug-likeness (QED) is 0.849. The van der Waals surface area contributed by atoms with Crippen molar-refractivity contribution in [3.8, 4) is 0 Å². The van der Waals surface area contributed by atoms with Crippen LogP contribution in [0.5, 0.6) is 0 Å². The van der Waals surface area contributed by atoms with Gasteiger partial charge >= 0.3 is 0 Å². The first kappa shape index (κ1) is 10.4. The Morgan fingerprint density at radius 1 is 1.06 bits per heavy atom. The number of fused-ring (bicyclic) bond motifs is 1. The highest BCUT2D eigenvalue weighted by atomic mass is 16.3. The lowest BCUT2D eigenvalue weighted by Gasteiger charge is -2.20. The summed E-state index contributed by atoms with van der Waals surface area (Å²) in [7, 11) is 0. The first-order valence-corrected chi connectivity index (χ1v) is 5.94. The van der Waals surface area contributed by atoms with Gasteiger partial charge in [0.2, 0.25) is 0 Å². The van der Waals surface area contributed by atoms with Crippen molar-refractivity contribution in [1.82, 2.24) is 0 Å². The Kier molecular flexibility index (Phi) is 2.57. The van der Waals surface area contributed by atoms with Crippen LogP contribution < -0.4 is 4.90 Å². The van der Waals surface area contributed by atoms with Crippen LogP contribution in [0.15, 0.2) is 48.5 Å². The molecule has 0 saturated carbocycles. The summed E-state index contributed by atoms with van der Waals surface area (Å²) in [6.07, 6.45) is 1.10. The number of rotatable bonds is 2. The Labute approximate surface area is 101 Å². The number of hydrogen-bond donors (Lipinski definition) is 1. The Balaban J connectivity index is 2.01. The minimum absolute atomic E-state index is 0.101. The lowest BCUT2D eigenvalue weighted by atomic mass is 10.1. The van der Waals surface area contributed by atoms with E-state index in [1.807, 2.05) is 12.1 Å². The molecule has 17 heavy (non-hydrogen) atoms. The van der Waals surface area contributed by atoms with Crippen molar-refractivity contribution in [3.63, 3.8) is 0 Å². The predicted molar refractivity (Wildman–Crippen MR) is 69.5 cm³/mol. The Hall–Kier alpha value is -1.80. The van der Waals surface area contributed by atoms with Crippen molar-refractivity contribution in [2.45, 2.75) is 13.0 Å². The summed E-state index contributed by atoms with van der Waals surface area (Å²) in [5.74, 6) is 0. The van der Waals surface area contributed by atoms with Gasteiger partial charge in [0.25, 0.3) is 0 Å². The molecule has 2 heteroatoms. The molecule has 0 amide bonds. The van der Waals surface area contributed by atoms with Gasteiger partial charge in [0, 0.05) is 17.9 Å². The predicted octanol–water partition coefficient (Wildman–Crippen LogP) is 2.87. The van der Waals surface area contributed by atoms with E-state index in [2.05, 4.69) is 41.3 Å². The van der Waals surface area contributed by atoms with Gasteiger partial charge in [0.05, 0.1) is 6.61 Å². The van der Waals surface area contributed by atoms with Crippen molar-refractivity contribution in [3.05, 3.63) is 59.7 Å². The van der Waals surface area contributed by atoms with Gasteiger partial charge in [0.1, 0.15) is 0 Å². The Morgan fingerprint density at radius 3 is 2.82 bits per heavy atom. The minimum Gasteiger partial charge on any atom is -0.392 e. The molecule has 0 saturated heterocycles. The van der Waals surface area contributed by atoms with E-state index in [0.717, 1.165) is 18.5 Å². The third kappa shape index (κ3) is 1.81. The largest absolute Gasteiger partial charge is 0.392 e. The highest BCUT2D eigenvalue weighted by Gasteiger charge is 2.19. The lowest BCUT2D eigenvalue weighted by Crippen LogP contribution is -2.13. The summed E-state index contributed by atoms with van der Waals surface area (Å²) >= 11 is 0. The molecule has 2 nitrogen and oxygen atoms in total. The van der Waals surface area contributed by atoms with Gasteiger partial charge in [-0.2, -0.15) is 0 Å². The maximum atomic E-state index is 9.18. The fraction of sp³-hybridized carbons (Fsp3) is 0.200. The van der Waals surface area contributed by atoms with Gasteiger partial charge in [-0.25, -0.2) is 0 Å². The van der Waals surface area contributed by atoms with Gasteiger partial charge in [-0.05, 0) is 35.7 Å². The van der Waals surface area contributed by atoms with Gasteiger partial charge in [-0.3, -0.25) is 0 Å². The molecule has 1 aliphatic rings. The molecule has 0 fully saturated rings. The second-order valence-electron chi connectivity index (χ2n) is 4.36. The van der Waals surface area contributed by atoms with Gasteiger partial charge in [-0.1, -0.05) is 30.3 Å². The van der Waals surface area contributed by atoms with Crippen molar-refractivity contribution in [2.75, 3.05) is 11.4 Å². The normalized spacial score (nSPS) is 13.8. The van der Waals surface area contributed by atoms with Crippen LogP contribution in [0, 0.1) is 0 Å². The molecule has 0 atom stereocenters. The summed E-state index contributed by atoms with van der Waals surface area (Å²) < 4.78 is 0. The Bertz CT molecular complexity index is 536. The number of aliphatic hydroxyl groups is 1. The average molecular weight is 225 g/mol. The van der Waals surface area contributed by atoms with E-state index in [0.29, 0.717) is 0 Å². The molecule has 0 spiro atoms. The van der Waals surface area contributed by atoms with Crippen molar-refractivity contribution in [2.24, 2.45) is 0 Å². The molecule has 0 radical (unpaired) electrons. The molecule has 0 unspecified atom stereocenters. The highest BCUT2D eigenvalue weighted by molar-refractivity contribution is 5.70. The van der Waals surface area contributed by atoms with Crippen molar-refractivity contribution < 1.29 is 5.11 Å². The summed E-state index contributed by atoms with van der Waals surface area (Å²) in [6, 6.07) is 16.6. The molecule has 1 aliphatic heterocycles. The third-order valence-corrected chi connectivity index (χ3v) is 3.29. The van der Waals surface area contributed by atoms with Crippen LogP contribution in [-0.2, 0) is 13.0 Å². The van der Waals surface area contributed by atoms with Crippen LogP contribution in [-0.4, -0.2) is 11.7 Å². The second kappa shape index (κ2) is 4.22. The van der Waals surface area contributed by atoms with Gasteiger partial charge in [0.15, 0.2) is 0 Å². The van der Waals surface area contributed by atoms with E-state index in [1.165, 1.54) is 16.9 Å². The zero-order valence-corrected chi connectivity index (χ0v) is 9.63. The number of hydrogen-bond acceptors (Lipinski definition) is 2. The smallest absolute Gasteiger partial charge is 0.0682 e. The van der Waals surface area contributed by atoms with Crippen LogP contribution in [0.1, 0.15) is 11.1 Å². The van der Waals surface area contributed by atoms with Gasteiger partial charge in [-0.15, -0.1) is 0 Å². The molecule has 1 N–H and O–H groups in total. The molecule has 1 heterocycles. The van der Waals surface area contributed by atoms with Gasteiger partial charge < -0.3 is 10.0 Å². The molecule has 3 rings (SSSR count). The van der Waals surface area contributed by atoms with Crippen LogP contribution >= 0.6 is 0 Å². The van der Waals surface area contributed by atoms with Crippen molar-refractivity contribution >= 4 is 11.4 Å². The summed E-state index contributed by atoms with van der Waals surface area (Å²) in [4.78, 5) is 2.31.